The second-order valence-corrected chi connectivity index (χ2v) is 5.45. The van der Waals surface area contributed by atoms with Gasteiger partial charge in [0.25, 0.3) is 0 Å². The summed E-state index contributed by atoms with van der Waals surface area (Å²) in [5.41, 5.74) is -1.21. The van der Waals surface area contributed by atoms with Gasteiger partial charge in [-0.15, -0.1) is 0 Å². The summed E-state index contributed by atoms with van der Waals surface area (Å²) in [5.74, 6) is 0. The molecule has 0 saturated heterocycles. The van der Waals surface area contributed by atoms with Gasteiger partial charge in [-0.25, -0.2) is 4.79 Å². The molecule has 5 heteroatoms. The van der Waals surface area contributed by atoms with Crippen molar-refractivity contribution < 1.29 is 14.6 Å². The smallest absolute Gasteiger partial charge is 0.316 e. The molecule has 1 saturated carbocycles. The van der Waals surface area contributed by atoms with Gasteiger partial charge in [0.2, 0.25) is 0 Å². The Kier molecular flexibility index (Phi) is 4.04. The maximum Gasteiger partial charge on any atom is 0.316 e. The molecule has 17 heavy (non-hydrogen) atoms. The molecule has 0 bridgehead atoms. The fraction of sp³-hybridized carbons (Fsp3) is 0.917. The predicted octanol–water partition coefficient (Wildman–Crippen LogP) is 0.824. The lowest BCUT2D eigenvalue weighted by molar-refractivity contribution is -0.237. The van der Waals surface area contributed by atoms with Gasteiger partial charge in [0.1, 0.15) is 0 Å². The number of urea groups is 1. The van der Waals surface area contributed by atoms with Crippen LogP contribution in [-0.4, -0.2) is 55.0 Å². The Balaban J connectivity index is 2.52. The van der Waals surface area contributed by atoms with Crippen molar-refractivity contribution in [1.29, 1.82) is 0 Å². The van der Waals surface area contributed by atoms with Gasteiger partial charge < -0.3 is 20.1 Å². The van der Waals surface area contributed by atoms with Crippen LogP contribution in [0.15, 0.2) is 0 Å². The molecule has 2 amide bonds. The highest BCUT2D eigenvalue weighted by atomic mass is 16.5. The SMILES string of the molecule is CCO[C@@H]1C[C@@](O)(CNC(=O)N(C)C)C1(C)C. The van der Waals surface area contributed by atoms with E-state index in [1.54, 1.807) is 14.1 Å². The lowest BCUT2D eigenvalue weighted by atomic mass is 9.56. The summed E-state index contributed by atoms with van der Waals surface area (Å²) < 4.78 is 5.56. The van der Waals surface area contributed by atoms with Gasteiger partial charge >= 0.3 is 6.03 Å². The van der Waals surface area contributed by atoms with Gasteiger partial charge in [-0.3, -0.25) is 0 Å². The molecule has 0 aromatic heterocycles. The minimum Gasteiger partial charge on any atom is -0.387 e. The molecule has 0 spiro atoms. The molecular weight excluding hydrogens is 220 g/mol. The maximum absolute atomic E-state index is 11.4. The van der Waals surface area contributed by atoms with E-state index in [9.17, 15) is 9.90 Å². The molecule has 0 aromatic carbocycles. The normalized spacial score (nSPS) is 30.6. The van der Waals surface area contributed by atoms with Crippen LogP contribution >= 0.6 is 0 Å². The monoisotopic (exact) mass is 244 g/mol. The molecule has 5 nitrogen and oxygen atoms in total. The number of nitrogens with zero attached hydrogens (tertiary/aromatic N) is 1. The Morgan fingerprint density at radius 2 is 2.12 bits per heavy atom. The van der Waals surface area contributed by atoms with E-state index in [0.717, 1.165) is 0 Å². The van der Waals surface area contributed by atoms with Gasteiger partial charge in [0.05, 0.1) is 11.7 Å². The molecule has 0 unspecified atom stereocenters. The summed E-state index contributed by atoms with van der Waals surface area (Å²) in [6.07, 6.45) is 0.635. The van der Waals surface area contributed by atoms with E-state index in [2.05, 4.69) is 5.32 Å². The van der Waals surface area contributed by atoms with Crippen LogP contribution in [0.1, 0.15) is 27.2 Å². The number of ether oxygens (including phenoxy) is 1. The average Bonchev–Trinajstić information content (AvgIpc) is 2.25. The number of nitrogens with one attached hydrogen (secondary N) is 1. The van der Waals surface area contributed by atoms with Gasteiger partial charge in [-0.1, -0.05) is 13.8 Å². The van der Waals surface area contributed by atoms with Crippen molar-refractivity contribution in [2.75, 3.05) is 27.2 Å². The zero-order chi connectivity index (χ0) is 13.3. The number of hydrogen-bond acceptors (Lipinski definition) is 3. The number of carbonyl (C=O) groups is 1. The van der Waals surface area contributed by atoms with E-state index < -0.39 is 5.60 Å². The number of carbonyl (C=O) groups excluding carboxylic acids is 1. The van der Waals surface area contributed by atoms with Crippen LogP contribution in [0.2, 0.25) is 0 Å². The van der Waals surface area contributed by atoms with Crippen LogP contribution in [-0.2, 0) is 4.74 Å². The van der Waals surface area contributed by atoms with Gasteiger partial charge in [-0.05, 0) is 6.92 Å². The van der Waals surface area contributed by atoms with Gasteiger partial charge in [0, 0.05) is 39.1 Å². The molecule has 0 radical (unpaired) electrons. The number of rotatable bonds is 4. The molecule has 1 aliphatic carbocycles. The van der Waals surface area contributed by atoms with Crippen LogP contribution < -0.4 is 5.32 Å². The highest BCUT2D eigenvalue weighted by molar-refractivity contribution is 5.73. The molecule has 2 N–H and O–H groups in total. The molecular formula is C12H24N2O3. The van der Waals surface area contributed by atoms with Crippen molar-refractivity contribution in [3.05, 3.63) is 0 Å². The van der Waals surface area contributed by atoms with E-state index in [4.69, 9.17) is 4.74 Å². The summed E-state index contributed by atoms with van der Waals surface area (Å²) in [6.45, 7) is 6.80. The van der Waals surface area contributed by atoms with E-state index in [1.807, 2.05) is 20.8 Å². The number of aliphatic hydroxyl groups is 1. The maximum atomic E-state index is 11.4. The summed E-state index contributed by atoms with van der Waals surface area (Å²) in [4.78, 5) is 12.9. The van der Waals surface area contributed by atoms with E-state index in [-0.39, 0.29) is 24.1 Å². The van der Waals surface area contributed by atoms with Crippen molar-refractivity contribution in [3.63, 3.8) is 0 Å². The zero-order valence-electron chi connectivity index (χ0n) is 11.4. The van der Waals surface area contributed by atoms with Crippen LogP contribution in [0.3, 0.4) is 0 Å². The van der Waals surface area contributed by atoms with Crippen molar-refractivity contribution in [3.8, 4) is 0 Å². The Hall–Kier alpha value is -0.810. The van der Waals surface area contributed by atoms with Gasteiger partial charge in [0.15, 0.2) is 0 Å². The lowest BCUT2D eigenvalue weighted by Gasteiger charge is -2.57. The lowest BCUT2D eigenvalue weighted by Crippen LogP contribution is -2.69. The molecule has 0 aliphatic heterocycles. The minimum atomic E-state index is -0.876. The van der Waals surface area contributed by atoms with Crippen LogP contribution in [0.5, 0.6) is 0 Å². The van der Waals surface area contributed by atoms with Gasteiger partial charge in [-0.2, -0.15) is 0 Å². The molecule has 1 rings (SSSR count). The first kappa shape index (κ1) is 14.3. The Morgan fingerprint density at radius 3 is 2.53 bits per heavy atom. The Labute approximate surface area is 103 Å². The Bertz CT molecular complexity index is 291. The summed E-state index contributed by atoms with van der Waals surface area (Å²) in [6, 6.07) is -0.186. The molecule has 0 aromatic rings. The van der Waals surface area contributed by atoms with Crippen LogP contribution in [0, 0.1) is 5.41 Å². The third kappa shape index (κ3) is 2.55. The highest BCUT2D eigenvalue weighted by Crippen LogP contribution is 2.50. The van der Waals surface area contributed by atoms with Crippen molar-refractivity contribution in [1.82, 2.24) is 10.2 Å². The average molecular weight is 244 g/mol. The van der Waals surface area contributed by atoms with E-state index in [1.165, 1.54) is 4.90 Å². The van der Waals surface area contributed by atoms with Crippen molar-refractivity contribution >= 4 is 6.03 Å². The summed E-state index contributed by atoms with van der Waals surface area (Å²) in [7, 11) is 3.35. The third-order valence-corrected chi connectivity index (χ3v) is 3.83. The second kappa shape index (κ2) is 4.82. The van der Waals surface area contributed by atoms with Crippen molar-refractivity contribution in [2.24, 2.45) is 5.41 Å². The van der Waals surface area contributed by atoms with Crippen LogP contribution in [0.25, 0.3) is 0 Å². The fourth-order valence-corrected chi connectivity index (χ4v) is 2.14. The fourth-order valence-electron chi connectivity index (χ4n) is 2.14. The number of hydrogen-bond donors (Lipinski definition) is 2. The Morgan fingerprint density at radius 1 is 1.53 bits per heavy atom. The van der Waals surface area contributed by atoms with E-state index in [0.29, 0.717) is 13.0 Å². The zero-order valence-corrected chi connectivity index (χ0v) is 11.4. The molecule has 1 aliphatic rings. The molecule has 1 fully saturated rings. The molecule has 2 atom stereocenters. The quantitative estimate of drug-likeness (QED) is 0.770. The number of amides is 2. The molecule has 100 valence electrons. The first-order valence-corrected chi connectivity index (χ1v) is 6.03. The summed E-state index contributed by atoms with van der Waals surface area (Å²) in [5, 5.41) is 13.2. The van der Waals surface area contributed by atoms with Crippen molar-refractivity contribution in [2.45, 2.75) is 38.9 Å². The first-order valence-electron chi connectivity index (χ1n) is 6.03. The topological polar surface area (TPSA) is 61.8 Å². The highest BCUT2D eigenvalue weighted by Gasteiger charge is 2.59. The summed E-state index contributed by atoms with van der Waals surface area (Å²) >= 11 is 0. The standard InChI is InChI=1S/C12H24N2O3/c1-6-17-9-7-12(16,11(9,2)3)8-13-10(15)14(4)5/h9,16H,6-8H2,1-5H3,(H,13,15)/t9-,12-/m1/s1. The van der Waals surface area contributed by atoms with Crippen LogP contribution in [0.4, 0.5) is 4.79 Å². The predicted molar refractivity (Wildman–Crippen MR) is 65.8 cm³/mol. The third-order valence-electron chi connectivity index (χ3n) is 3.83. The molecule has 0 heterocycles. The second-order valence-electron chi connectivity index (χ2n) is 5.45. The van der Waals surface area contributed by atoms with E-state index >= 15 is 0 Å². The first-order chi connectivity index (χ1) is 7.74. The minimum absolute atomic E-state index is 0.0637. The largest absolute Gasteiger partial charge is 0.387 e.